The van der Waals surface area contributed by atoms with Gasteiger partial charge in [0.15, 0.2) is 0 Å². The topological polar surface area (TPSA) is 78.9 Å². The quantitative estimate of drug-likeness (QED) is 0.793. The van der Waals surface area contributed by atoms with Crippen LogP contribution in [0.25, 0.3) is 0 Å². The van der Waals surface area contributed by atoms with Crippen LogP contribution in [0.2, 0.25) is 0 Å². The number of hydrogen-bond acceptors (Lipinski definition) is 4. The molecule has 2 atom stereocenters. The minimum Gasteiger partial charge on any atom is -0.480 e. The van der Waals surface area contributed by atoms with E-state index in [0.29, 0.717) is 18.2 Å². The number of nitrogens with zero attached hydrogens (tertiary/aromatic N) is 1. The maximum atomic E-state index is 11.9. The van der Waals surface area contributed by atoms with E-state index in [9.17, 15) is 9.59 Å². The molecule has 2 saturated heterocycles. The Morgan fingerprint density at radius 2 is 2.39 bits per heavy atom. The van der Waals surface area contributed by atoms with Crippen LogP contribution >= 0.6 is 11.8 Å². The molecule has 2 aliphatic rings. The molecule has 2 aliphatic heterocycles. The van der Waals surface area contributed by atoms with Crippen LogP contribution in [0.5, 0.6) is 0 Å². The van der Waals surface area contributed by atoms with E-state index in [1.807, 2.05) is 6.92 Å². The molecular formula is C11H18N2O4S. The van der Waals surface area contributed by atoms with Crippen molar-refractivity contribution in [3.63, 3.8) is 0 Å². The van der Waals surface area contributed by atoms with Crippen molar-refractivity contribution in [2.75, 3.05) is 24.8 Å². The third-order valence-electron chi connectivity index (χ3n) is 3.34. The Morgan fingerprint density at radius 1 is 1.61 bits per heavy atom. The highest BCUT2D eigenvalue weighted by Crippen LogP contribution is 2.25. The first-order valence-electron chi connectivity index (χ1n) is 6.01. The van der Waals surface area contributed by atoms with Gasteiger partial charge in [0.1, 0.15) is 6.04 Å². The van der Waals surface area contributed by atoms with Crippen LogP contribution in [0.3, 0.4) is 0 Å². The van der Waals surface area contributed by atoms with E-state index in [0.717, 1.165) is 19.4 Å². The van der Waals surface area contributed by atoms with E-state index in [1.54, 1.807) is 0 Å². The minimum atomic E-state index is -0.946. The number of hydrogen-bond donors (Lipinski definition) is 2. The van der Waals surface area contributed by atoms with Crippen LogP contribution < -0.4 is 5.32 Å². The molecule has 0 spiro atoms. The van der Waals surface area contributed by atoms with E-state index in [2.05, 4.69) is 5.32 Å². The zero-order valence-corrected chi connectivity index (χ0v) is 11.2. The standard InChI is InChI=1S/C11H18N2O4S/c1-11(3-2-4-17-11)6-12-10(16)13-7-18-5-8(13)9(14)15/h8H,2-7H2,1H3,(H,12,16)(H,14,15). The predicted octanol–water partition coefficient (Wildman–Crippen LogP) is 0.725. The molecule has 0 aromatic carbocycles. The second-order valence-corrected chi connectivity index (χ2v) is 5.88. The van der Waals surface area contributed by atoms with Gasteiger partial charge < -0.3 is 20.1 Å². The maximum absolute atomic E-state index is 11.9. The van der Waals surface area contributed by atoms with Crippen molar-refractivity contribution < 1.29 is 19.4 Å². The number of carbonyl (C=O) groups is 2. The highest BCUT2D eigenvalue weighted by molar-refractivity contribution is 7.99. The molecule has 6 nitrogen and oxygen atoms in total. The molecule has 2 N–H and O–H groups in total. The van der Waals surface area contributed by atoms with Crippen molar-refractivity contribution in [3.8, 4) is 0 Å². The van der Waals surface area contributed by atoms with Crippen molar-refractivity contribution >= 4 is 23.8 Å². The molecule has 102 valence electrons. The fraction of sp³-hybridized carbons (Fsp3) is 0.818. The molecule has 2 heterocycles. The van der Waals surface area contributed by atoms with Gasteiger partial charge in [-0.05, 0) is 19.8 Å². The predicted molar refractivity (Wildman–Crippen MR) is 67.6 cm³/mol. The number of ether oxygens (including phenoxy) is 1. The first-order chi connectivity index (χ1) is 8.52. The summed E-state index contributed by atoms with van der Waals surface area (Å²) >= 11 is 1.46. The van der Waals surface area contributed by atoms with Gasteiger partial charge in [-0.1, -0.05) is 0 Å². The van der Waals surface area contributed by atoms with Gasteiger partial charge in [-0.3, -0.25) is 0 Å². The molecule has 2 fully saturated rings. The van der Waals surface area contributed by atoms with Crippen LogP contribution in [0.4, 0.5) is 4.79 Å². The Bertz CT molecular complexity index is 344. The summed E-state index contributed by atoms with van der Waals surface area (Å²) in [6, 6.07) is -1.03. The van der Waals surface area contributed by atoms with Crippen molar-refractivity contribution in [3.05, 3.63) is 0 Å². The second kappa shape index (κ2) is 5.36. The lowest BCUT2D eigenvalue weighted by atomic mass is 10.0. The fourth-order valence-electron chi connectivity index (χ4n) is 2.19. The largest absolute Gasteiger partial charge is 0.480 e. The number of carbonyl (C=O) groups excluding carboxylic acids is 1. The Hall–Kier alpha value is -0.950. The minimum absolute atomic E-state index is 0.304. The van der Waals surface area contributed by atoms with Gasteiger partial charge in [-0.25, -0.2) is 9.59 Å². The fourth-order valence-corrected chi connectivity index (χ4v) is 3.33. The second-order valence-electron chi connectivity index (χ2n) is 4.88. The maximum Gasteiger partial charge on any atom is 0.327 e. The summed E-state index contributed by atoms with van der Waals surface area (Å²) in [4.78, 5) is 24.3. The SMILES string of the molecule is CC1(CNC(=O)N2CSCC2C(=O)O)CCCO1. The third kappa shape index (κ3) is 2.89. The zero-order valence-electron chi connectivity index (χ0n) is 10.3. The summed E-state index contributed by atoms with van der Waals surface area (Å²) in [5.74, 6) is -0.0600. The average Bonchev–Trinajstić information content (AvgIpc) is 2.95. The normalized spacial score (nSPS) is 31.6. The first kappa shape index (κ1) is 13.5. The lowest BCUT2D eigenvalue weighted by Gasteiger charge is -2.26. The van der Waals surface area contributed by atoms with Crippen LogP contribution in [0.15, 0.2) is 0 Å². The molecule has 0 aromatic rings. The van der Waals surface area contributed by atoms with E-state index in [4.69, 9.17) is 9.84 Å². The van der Waals surface area contributed by atoms with Crippen molar-refractivity contribution in [1.29, 1.82) is 0 Å². The lowest BCUT2D eigenvalue weighted by molar-refractivity contribution is -0.140. The summed E-state index contributed by atoms with van der Waals surface area (Å²) in [7, 11) is 0. The molecule has 0 saturated carbocycles. The van der Waals surface area contributed by atoms with Gasteiger partial charge in [0, 0.05) is 18.9 Å². The number of amides is 2. The van der Waals surface area contributed by atoms with Gasteiger partial charge in [0.05, 0.1) is 11.5 Å². The molecule has 0 bridgehead atoms. The zero-order chi connectivity index (χ0) is 13.2. The Morgan fingerprint density at radius 3 is 3.00 bits per heavy atom. The van der Waals surface area contributed by atoms with E-state index < -0.39 is 12.0 Å². The van der Waals surface area contributed by atoms with Gasteiger partial charge in [-0.2, -0.15) is 0 Å². The van der Waals surface area contributed by atoms with Crippen LogP contribution in [0.1, 0.15) is 19.8 Å². The van der Waals surface area contributed by atoms with E-state index in [-0.39, 0.29) is 11.6 Å². The summed E-state index contributed by atoms with van der Waals surface area (Å²) in [5.41, 5.74) is -0.304. The highest BCUT2D eigenvalue weighted by atomic mass is 32.2. The molecule has 2 unspecified atom stereocenters. The molecule has 0 aliphatic carbocycles. The van der Waals surface area contributed by atoms with Gasteiger partial charge in [0.2, 0.25) is 0 Å². The number of nitrogens with one attached hydrogen (secondary N) is 1. The molecule has 2 rings (SSSR count). The van der Waals surface area contributed by atoms with Crippen molar-refractivity contribution in [1.82, 2.24) is 10.2 Å². The van der Waals surface area contributed by atoms with E-state index in [1.165, 1.54) is 16.7 Å². The molecule has 2 amide bonds. The summed E-state index contributed by atoms with van der Waals surface area (Å²) < 4.78 is 5.57. The van der Waals surface area contributed by atoms with Gasteiger partial charge in [0.25, 0.3) is 0 Å². The molecule has 18 heavy (non-hydrogen) atoms. The molecule has 7 heteroatoms. The number of carboxylic acids is 1. The van der Waals surface area contributed by atoms with E-state index >= 15 is 0 Å². The molecule has 0 radical (unpaired) electrons. The molecular weight excluding hydrogens is 256 g/mol. The number of rotatable bonds is 3. The smallest absolute Gasteiger partial charge is 0.327 e. The number of thioether (sulfide) groups is 1. The lowest BCUT2D eigenvalue weighted by Crippen LogP contribution is -2.50. The van der Waals surface area contributed by atoms with Gasteiger partial charge >= 0.3 is 12.0 Å². The summed E-state index contributed by atoms with van der Waals surface area (Å²) in [6.45, 7) is 3.12. The summed E-state index contributed by atoms with van der Waals surface area (Å²) in [6.07, 6.45) is 1.92. The Labute approximate surface area is 110 Å². The van der Waals surface area contributed by atoms with Crippen LogP contribution in [-0.2, 0) is 9.53 Å². The monoisotopic (exact) mass is 274 g/mol. The number of aliphatic carboxylic acids is 1. The van der Waals surface area contributed by atoms with Gasteiger partial charge in [-0.15, -0.1) is 11.8 Å². The number of urea groups is 1. The number of carboxylic acid groups (broad SMARTS) is 1. The van der Waals surface area contributed by atoms with Crippen LogP contribution in [-0.4, -0.2) is 58.4 Å². The van der Waals surface area contributed by atoms with Crippen molar-refractivity contribution in [2.24, 2.45) is 0 Å². The Balaban J connectivity index is 1.86. The average molecular weight is 274 g/mol. The first-order valence-corrected chi connectivity index (χ1v) is 7.16. The summed E-state index contributed by atoms with van der Waals surface area (Å²) in [5, 5.41) is 11.8. The van der Waals surface area contributed by atoms with Crippen LogP contribution in [0, 0.1) is 0 Å². The highest BCUT2D eigenvalue weighted by Gasteiger charge is 2.36. The third-order valence-corrected chi connectivity index (χ3v) is 4.35. The molecule has 0 aromatic heterocycles. The Kier molecular flexibility index (Phi) is 4.01. The van der Waals surface area contributed by atoms with Crippen molar-refractivity contribution in [2.45, 2.75) is 31.4 Å².